The van der Waals surface area contributed by atoms with Crippen molar-refractivity contribution in [2.24, 2.45) is 15.8 Å². The first-order chi connectivity index (χ1) is 9.09. The number of allylic oxidation sites excluding steroid dienone is 1. The molecule has 3 heteroatoms. The van der Waals surface area contributed by atoms with Crippen molar-refractivity contribution in [3.8, 4) is 0 Å². The van der Waals surface area contributed by atoms with E-state index >= 15 is 0 Å². The average molecular weight is 278 g/mol. The number of aliphatic imine (C=N–C) groups is 1. The molecule has 0 spiro atoms. The Balaban J connectivity index is 3.29. The van der Waals surface area contributed by atoms with Crippen LogP contribution in [0.3, 0.4) is 0 Å². The first-order valence-electron chi connectivity index (χ1n) is 7.66. The van der Waals surface area contributed by atoms with Crippen LogP contribution in [-0.2, 0) is 4.79 Å². The van der Waals surface area contributed by atoms with E-state index in [0.29, 0.717) is 6.54 Å². The fourth-order valence-corrected chi connectivity index (χ4v) is 2.42. The maximum Gasteiger partial charge on any atom is 0.252 e. The standard InChI is InChI=1S/C17H30N2O/c1-8-9-11-19-12-10-18-14(17(5,6)7)13(15(19)20)16(2,3)4/h10H,8-9,11-12H2,1-7H3. The summed E-state index contributed by atoms with van der Waals surface area (Å²) in [5.41, 5.74) is 1.50. The van der Waals surface area contributed by atoms with Gasteiger partial charge in [-0.05, 0) is 11.8 Å². The third-order valence-corrected chi connectivity index (χ3v) is 3.50. The van der Waals surface area contributed by atoms with Crippen molar-refractivity contribution < 1.29 is 4.79 Å². The highest BCUT2D eigenvalue weighted by Crippen LogP contribution is 2.38. The van der Waals surface area contributed by atoms with Gasteiger partial charge in [-0.25, -0.2) is 0 Å². The fourth-order valence-electron chi connectivity index (χ4n) is 2.42. The van der Waals surface area contributed by atoms with E-state index in [0.717, 1.165) is 30.7 Å². The molecule has 0 N–H and O–H groups in total. The highest BCUT2D eigenvalue weighted by atomic mass is 16.2. The van der Waals surface area contributed by atoms with Gasteiger partial charge in [0.1, 0.15) is 0 Å². The van der Waals surface area contributed by atoms with Gasteiger partial charge in [-0.15, -0.1) is 0 Å². The van der Waals surface area contributed by atoms with Crippen LogP contribution in [0.1, 0.15) is 61.3 Å². The van der Waals surface area contributed by atoms with Crippen LogP contribution in [0.4, 0.5) is 0 Å². The van der Waals surface area contributed by atoms with Crippen LogP contribution < -0.4 is 0 Å². The molecule has 0 atom stereocenters. The van der Waals surface area contributed by atoms with Gasteiger partial charge in [0.2, 0.25) is 0 Å². The van der Waals surface area contributed by atoms with Crippen LogP contribution in [0.15, 0.2) is 16.3 Å². The van der Waals surface area contributed by atoms with Crippen LogP contribution in [0.2, 0.25) is 0 Å². The smallest absolute Gasteiger partial charge is 0.252 e. The molecule has 1 rings (SSSR count). The van der Waals surface area contributed by atoms with E-state index in [1.807, 2.05) is 11.1 Å². The van der Waals surface area contributed by atoms with Crippen LogP contribution in [0, 0.1) is 10.8 Å². The number of hydrogen-bond donors (Lipinski definition) is 0. The number of nitrogens with zero attached hydrogens (tertiary/aromatic N) is 2. The van der Waals surface area contributed by atoms with Crippen molar-refractivity contribution in [1.82, 2.24) is 4.90 Å². The lowest BCUT2D eigenvalue weighted by molar-refractivity contribution is -0.127. The average Bonchev–Trinajstić information content (AvgIpc) is 2.44. The van der Waals surface area contributed by atoms with Gasteiger partial charge in [0, 0.05) is 23.7 Å². The Hall–Kier alpha value is -1.12. The molecule has 114 valence electrons. The molecule has 1 amide bonds. The minimum Gasteiger partial charge on any atom is -0.334 e. The molecular weight excluding hydrogens is 248 g/mol. The van der Waals surface area contributed by atoms with E-state index in [2.05, 4.69) is 53.5 Å². The predicted molar refractivity (Wildman–Crippen MR) is 85.9 cm³/mol. The Bertz CT molecular complexity index is 419. The first kappa shape index (κ1) is 16.9. The number of carbonyl (C=O) groups excluding carboxylic acids is 1. The minimum atomic E-state index is -0.189. The minimum absolute atomic E-state index is 0.116. The van der Waals surface area contributed by atoms with Crippen LogP contribution in [-0.4, -0.2) is 30.1 Å². The molecule has 0 aromatic rings. The van der Waals surface area contributed by atoms with E-state index in [1.165, 1.54) is 0 Å². The van der Waals surface area contributed by atoms with Crippen LogP contribution in [0.5, 0.6) is 0 Å². The van der Waals surface area contributed by atoms with E-state index in [-0.39, 0.29) is 16.7 Å². The van der Waals surface area contributed by atoms with Crippen molar-refractivity contribution in [2.45, 2.75) is 61.3 Å². The summed E-state index contributed by atoms with van der Waals surface area (Å²) >= 11 is 0. The zero-order valence-corrected chi connectivity index (χ0v) is 14.2. The maximum atomic E-state index is 12.9. The highest BCUT2D eigenvalue weighted by Gasteiger charge is 2.35. The van der Waals surface area contributed by atoms with Gasteiger partial charge in [-0.3, -0.25) is 9.79 Å². The summed E-state index contributed by atoms with van der Waals surface area (Å²) in [6.45, 7) is 16.3. The Morgan fingerprint density at radius 1 is 1.15 bits per heavy atom. The molecule has 1 aliphatic rings. The molecule has 1 heterocycles. The fraction of sp³-hybridized carbons (Fsp3) is 0.765. The van der Waals surface area contributed by atoms with Gasteiger partial charge < -0.3 is 4.90 Å². The number of rotatable bonds is 3. The third kappa shape index (κ3) is 3.94. The Morgan fingerprint density at radius 3 is 2.20 bits per heavy atom. The van der Waals surface area contributed by atoms with Gasteiger partial charge in [0.25, 0.3) is 5.91 Å². The molecule has 20 heavy (non-hydrogen) atoms. The molecule has 0 fully saturated rings. The number of carbonyl (C=O) groups is 1. The molecule has 0 radical (unpaired) electrons. The quantitative estimate of drug-likeness (QED) is 0.766. The zero-order chi connectivity index (χ0) is 15.6. The van der Waals surface area contributed by atoms with Gasteiger partial charge in [0.15, 0.2) is 0 Å². The van der Waals surface area contributed by atoms with E-state index < -0.39 is 0 Å². The normalized spacial score (nSPS) is 17.8. The van der Waals surface area contributed by atoms with Gasteiger partial charge in [0.05, 0.1) is 12.2 Å². The van der Waals surface area contributed by atoms with Crippen molar-refractivity contribution in [3.05, 3.63) is 11.3 Å². The predicted octanol–water partition coefficient (Wildman–Crippen LogP) is 4.05. The zero-order valence-electron chi connectivity index (χ0n) is 14.2. The van der Waals surface area contributed by atoms with E-state index in [4.69, 9.17) is 0 Å². The van der Waals surface area contributed by atoms with E-state index in [1.54, 1.807) is 0 Å². The summed E-state index contributed by atoms with van der Waals surface area (Å²) in [6.07, 6.45) is 4.04. The number of unbranched alkanes of at least 4 members (excludes halogenated alkanes) is 1. The molecule has 0 aromatic heterocycles. The second-order valence-electron chi connectivity index (χ2n) is 7.64. The second-order valence-corrected chi connectivity index (χ2v) is 7.64. The monoisotopic (exact) mass is 278 g/mol. The molecule has 0 aliphatic carbocycles. The molecule has 0 aromatic carbocycles. The maximum absolute atomic E-state index is 12.9. The molecule has 0 unspecified atom stereocenters. The highest BCUT2D eigenvalue weighted by molar-refractivity contribution is 5.98. The molecule has 1 aliphatic heterocycles. The van der Waals surface area contributed by atoms with Crippen LogP contribution >= 0.6 is 0 Å². The van der Waals surface area contributed by atoms with Crippen molar-refractivity contribution in [2.75, 3.05) is 13.1 Å². The summed E-state index contributed by atoms with van der Waals surface area (Å²) in [5.74, 6) is 0.161. The van der Waals surface area contributed by atoms with E-state index in [9.17, 15) is 4.79 Å². The van der Waals surface area contributed by atoms with Gasteiger partial charge in [-0.2, -0.15) is 0 Å². The number of amides is 1. The van der Waals surface area contributed by atoms with Crippen LogP contribution in [0.25, 0.3) is 0 Å². The molecule has 0 saturated carbocycles. The summed E-state index contributed by atoms with van der Waals surface area (Å²) in [7, 11) is 0. The first-order valence-corrected chi connectivity index (χ1v) is 7.66. The molecular formula is C17H30N2O. The van der Waals surface area contributed by atoms with Gasteiger partial charge in [-0.1, -0.05) is 54.9 Å². The molecule has 0 saturated heterocycles. The SMILES string of the molecule is CCCCN1CC=NC(C(C)(C)C)=C(C(C)(C)C)C1=O. The van der Waals surface area contributed by atoms with Crippen molar-refractivity contribution in [1.29, 1.82) is 0 Å². The topological polar surface area (TPSA) is 32.7 Å². The Morgan fingerprint density at radius 2 is 1.75 bits per heavy atom. The lowest BCUT2D eigenvalue weighted by Crippen LogP contribution is -2.37. The van der Waals surface area contributed by atoms with Crippen molar-refractivity contribution >= 4 is 12.1 Å². The summed E-state index contributed by atoms with van der Waals surface area (Å²) < 4.78 is 0. The summed E-state index contributed by atoms with van der Waals surface area (Å²) in [5, 5.41) is 0. The lowest BCUT2D eigenvalue weighted by atomic mass is 9.78. The largest absolute Gasteiger partial charge is 0.334 e. The lowest BCUT2D eigenvalue weighted by Gasteiger charge is -2.31. The number of hydrogen-bond acceptors (Lipinski definition) is 2. The second kappa shape index (κ2) is 6.11. The summed E-state index contributed by atoms with van der Waals surface area (Å²) in [6, 6.07) is 0. The Kier molecular flexibility index (Phi) is 5.17. The third-order valence-electron chi connectivity index (χ3n) is 3.50. The molecule has 0 bridgehead atoms. The van der Waals surface area contributed by atoms with Crippen molar-refractivity contribution in [3.63, 3.8) is 0 Å². The van der Waals surface area contributed by atoms with Gasteiger partial charge >= 0.3 is 0 Å². The molecule has 3 nitrogen and oxygen atoms in total. The summed E-state index contributed by atoms with van der Waals surface area (Å²) in [4.78, 5) is 19.5. The Labute approximate surface area is 124 Å².